The Hall–Kier alpha value is -3.05. The van der Waals surface area contributed by atoms with Gasteiger partial charge in [-0.25, -0.2) is 0 Å². The molecule has 0 spiro atoms. The summed E-state index contributed by atoms with van der Waals surface area (Å²) >= 11 is -5.22. The molecule has 0 fully saturated rings. The van der Waals surface area contributed by atoms with Crippen molar-refractivity contribution in [2.75, 3.05) is 26.4 Å². The Bertz CT molecular complexity index is 1090. The van der Waals surface area contributed by atoms with Crippen molar-refractivity contribution in [2.45, 2.75) is 79.1 Å². The van der Waals surface area contributed by atoms with Crippen LogP contribution < -0.4 is 0 Å². The number of benzene rings is 2. The van der Waals surface area contributed by atoms with Crippen LogP contribution in [-0.4, -0.2) is 50.3 Å². The van der Waals surface area contributed by atoms with E-state index >= 15 is 0 Å². The summed E-state index contributed by atoms with van der Waals surface area (Å²) in [7, 11) is 0. The zero-order valence-corrected chi connectivity index (χ0v) is 27.2. The first-order chi connectivity index (χ1) is 20.8. The van der Waals surface area contributed by atoms with Gasteiger partial charge < -0.3 is 0 Å². The summed E-state index contributed by atoms with van der Waals surface area (Å²) in [6.07, 6.45) is 5.71. The summed E-state index contributed by atoms with van der Waals surface area (Å²) in [4.78, 5) is 52.8. The number of rotatable bonds is 20. The quantitative estimate of drug-likeness (QED) is 0.0848. The van der Waals surface area contributed by atoms with Crippen molar-refractivity contribution in [2.24, 2.45) is 0 Å². The van der Waals surface area contributed by atoms with Crippen LogP contribution in [0.4, 0.5) is 0 Å². The topological polar surface area (TPSA) is 124 Å². The van der Waals surface area contributed by atoms with Crippen molar-refractivity contribution >= 4 is 23.9 Å². The number of esters is 2. The van der Waals surface area contributed by atoms with E-state index in [1.165, 1.54) is 24.3 Å². The van der Waals surface area contributed by atoms with Crippen molar-refractivity contribution in [1.29, 1.82) is 0 Å². The molecule has 0 radical (unpaired) electrons. The third-order valence-electron chi connectivity index (χ3n) is 6.18. The number of ether oxygens (including phenoxy) is 2. The number of carbonyl (C=O) groups is 4. The van der Waals surface area contributed by atoms with Crippen molar-refractivity contribution in [3.05, 3.63) is 70.8 Å². The van der Waals surface area contributed by atoms with Gasteiger partial charge in [0, 0.05) is 0 Å². The first kappa shape index (κ1) is 36.1. The molecule has 2 rings (SSSR count). The van der Waals surface area contributed by atoms with Gasteiger partial charge in [-0.05, 0) is 0 Å². The van der Waals surface area contributed by atoms with Gasteiger partial charge in [0.05, 0.1) is 0 Å². The molecule has 2 aromatic carbocycles. The van der Waals surface area contributed by atoms with Crippen molar-refractivity contribution in [3.8, 4) is 0 Å². The van der Waals surface area contributed by atoms with E-state index in [9.17, 15) is 19.2 Å². The minimum absolute atomic E-state index is 0.00789. The first-order valence-electron chi connectivity index (χ1n) is 15.1. The maximum absolute atomic E-state index is 13.6. The molecule has 0 unspecified atom stereocenters. The van der Waals surface area contributed by atoms with Crippen molar-refractivity contribution < 1.29 is 60.1 Å². The van der Waals surface area contributed by atoms with E-state index in [0.717, 1.165) is 25.7 Å². The van der Waals surface area contributed by atoms with E-state index in [1.54, 1.807) is 24.3 Å². The fraction of sp³-hybridized carbons (Fsp3) is 0.500. The van der Waals surface area contributed by atoms with Crippen LogP contribution in [-0.2, 0) is 40.9 Å². The van der Waals surface area contributed by atoms with Gasteiger partial charge in [-0.3, -0.25) is 0 Å². The monoisotopic (exact) mass is 636 g/mol. The Labute approximate surface area is 259 Å². The van der Waals surface area contributed by atoms with Crippen LogP contribution in [0.25, 0.3) is 0 Å². The molecule has 0 bridgehead atoms. The summed E-state index contributed by atoms with van der Waals surface area (Å²) in [5.74, 6) is -3.25. The molecule has 0 aliphatic rings. The second-order valence-corrected chi connectivity index (χ2v) is 12.9. The molecule has 0 amide bonds. The number of unbranched alkanes of at least 4 members (excludes halogenated alkanes) is 4. The molecule has 0 atom stereocenters. The van der Waals surface area contributed by atoms with Crippen LogP contribution in [0.2, 0.25) is 0 Å². The van der Waals surface area contributed by atoms with Crippen molar-refractivity contribution in [3.63, 3.8) is 0 Å². The van der Waals surface area contributed by atoms with Crippen LogP contribution in [0, 0.1) is 0 Å². The molecule has 11 heteroatoms. The molecule has 0 aliphatic carbocycles. The Morgan fingerprint density at radius 3 is 1.12 bits per heavy atom. The van der Waals surface area contributed by atoms with Gasteiger partial charge in [0.15, 0.2) is 0 Å². The molecule has 0 saturated carbocycles. The van der Waals surface area contributed by atoms with E-state index in [-0.39, 0.29) is 48.7 Å². The van der Waals surface area contributed by atoms with Gasteiger partial charge in [-0.15, -0.1) is 0 Å². The normalized spacial score (nSPS) is 11.1. The zero-order valence-electron chi connectivity index (χ0n) is 25.7. The minimum atomic E-state index is -5.22. The molecule has 10 nitrogen and oxygen atoms in total. The van der Waals surface area contributed by atoms with E-state index in [0.29, 0.717) is 25.7 Å². The Morgan fingerprint density at radius 2 is 0.791 bits per heavy atom. The molecule has 0 heterocycles. The standard InChI is InChI=1S/2C12H14O4.2C4H9O.Ti/c2*1-2-3-8-16-12(15)10-7-5-4-6-9(10)11(13)14;2*1-2-3-4-5;/h2*4-7H,2-3,8H2,1H3,(H,13,14);2*2-4H2,1H3;/q;;2*-1;+4/p-2. The van der Waals surface area contributed by atoms with Crippen molar-refractivity contribution in [1.82, 2.24) is 0 Å². The van der Waals surface area contributed by atoms with E-state index in [1.807, 2.05) is 27.7 Å². The third kappa shape index (κ3) is 11.9. The fourth-order valence-electron chi connectivity index (χ4n) is 3.65. The molecular weight excluding hydrogens is 592 g/mol. The summed E-state index contributed by atoms with van der Waals surface area (Å²) in [6, 6.07) is 12.1. The predicted octanol–water partition coefficient (Wildman–Crippen LogP) is 7.06. The van der Waals surface area contributed by atoms with Gasteiger partial charge in [0.2, 0.25) is 0 Å². The molecule has 0 aliphatic heterocycles. The second-order valence-electron chi connectivity index (χ2n) is 9.75. The average Bonchev–Trinajstić information content (AvgIpc) is 3.01. The predicted molar refractivity (Wildman–Crippen MR) is 156 cm³/mol. The van der Waals surface area contributed by atoms with Gasteiger partial charge in [-0.1, -0.05) is 0 Å². The summed E-state index contributed by atoms with van der Waals surface area (Å²) in [5, 5.41) is 0. The molecular formula is C32H44O10Ti. The zero-order chi connectivity index (χ0) is 31.5. The van der Waals surface area contributed by atoms with Crippen LogP contribution in [0.3, 0.4) is 0 Å². The summed E-state index contributed by atoms with van der Waals surface area (Å²) < 4.78 is 34.3. The molecule has 43 heavy (non-hydrogen) atoms. The van der Waals surface area contributed by atoms with E-state index < -0.39 is 42.0 Å². The maximum atomic E-state index is 13.6. The Kier molecular flexibility index (Phi) is 16.8. The Balaban J connectivity index is 2.45. The van der Waals surface area contributed by atoms with Crippen LogP contribution >= 0.6 is 0 Å². The van der Waals surface area contributed by atoms with Gasteiger partial charge in [-0.2, -0.15) is 0 Å². The first-order valence-corrected chi connectivity index (χ1v) is 17.6. The number of carbonyl (C=O) groups excluding carboxylic acids is 4. The van der Waals surface area contributed by atoms with Gasteiger partial charge >= 0.3 is 260 Å². The second kappa shape index (κ2) is 20.0. The third-order valence-corrected chi connectivity index (χ3v) is 9.29. The summed E-state index contributed by atoms with van der Waals surface area (Å²) in [5.41, 5.74) is -0.136. The van der Waals surface area contributed by atoms with Gasteiger partial charge in [0.25, 0.3) is 0 Å². The fourth-order valence-corrected chi connectivity index (χ4v) is 6.50. The molecule has 0 saturated heterocycles. The van der Waals surface area contributed by atoms with Crippen LogP contribution in [0.5, 0.6) is 0 Å². The van der Waals surface area contributed by atoms with E-state index in [2.05, 4.69) is 0 Å². The van der Waals surface area contributed by atoms with E-state index in [4.69, 9.17) is 22.7 Å². The van der Waals surface area contributed by atoms with Crippen LogP contribution in [0.1, 0.15) is 120 Å². The summed E-state index contributed by atoms with van der Waals surface area (Å²) in [6.45, 7) is 8.46. The Morgan fingerprint density at radius 1 is 0.488 bits per heavy atom. The van der Waals surface area contributed by atoms with Gasteiger partial charge in [0.1, 0.15) is 0 Å². The number of hydrogen-bond donors (Lipinski definition) is 0. The molecule has 0 aromatic heterocycles. The molecule has 2 aromatic rings. The molecule has 236 valence electrons. The SMILES string of the molecule is CCCCOC(=O)c1ccccc1C(=O)[O][Ti]([O]CCCC)([O]CCCC)[O]C(=O)c1ccccc1C(=O)OCCCC. The number of hydrogen-bond acceptors (Lipinski definition) is 10. The molecule has 0 N–H and O–H groups in total. The average molecular weight is 637 g/mol. The van der Waals surface area contributed by atoms with Crippen LogP contribution in [0.15, 0.2) is 48.5 Å².